The van der Waals surface area contributed by atoms with Crippen LogP contribution in [0.25, 0.3) is 0 Å². The van der Waals surface area contributed by atoms with E-state index in [-0.39, 0.29) is 23.8 Å². The molecule has 1 amide bonds. The minimum absolute atomic E-state index is 0.0194. The quantitative estimate of drug-likeness (QED) is 0.427. The van der Waals surface area contributed by atoms with Crippen LogP contribution >= 0.6 is 0 Å². The van der Waals surface area contributed by atoms with Crippen molar-refractivity contribution in [2.24, 2.45) is 5.92 Å². The minimum Gasteiger partial charge on any atom is -0.439 e. The van der Waals surface area contributed by atoms with Gasteiger partial charge in [0.1, 0.15) is 17.4 Å². The largest absolute Gasteiger partial charge is 0.439 e. The van der Waals surface area contributed by atoms with Gasteiger partial charge in [0.05, 0.1) is 0 Å². The zero-order valence-corrected chi connectivity index (χ0v) is 19.4. The summed E-state index contributed by atoms with van der Waals surface area (Å²) < 4.78 is 38.3. The van der Waals surface area contributed by atoms with Crippen molar-refractivity contribution in [1.82, 2.24) is 8.61 Å². The van der Waals surface area contributed by atoms with Crippen molar-refractivity contribution in [3.8, 4) is 5.75 Å². The molecule has 10 heteroatoms. The number of rotatable bonds is 8. The molecule has 0 saturated carbocycles. The average Bonchev–Trinajstić information content (AvgIpc) is 2.92. The Morgan fingerprint density at radius 1 is 1.03 bits per heavy atom. The maximum Gasteiger partial charge on any atom is 0.343 e. The Morgan fingerprint density at radius 2 is 1.67 bits per heavy atom. The Bertz CT molecular complexity index is 1130. The highest BCUT2D eigenvalue weighted by atomic mass is 32.2. The number of esters is 2. The summed E-state index contributed by atoms with van der Waals surface area (Å²) in [6, 6.07) is 14.0. The number of amides is 1. The second-order valence-electron chi connectivity index (χ2n) is 8.02. The van der Waals surface area contributed by atoms with Gasteiger partial charge in [-0.1, -0.05) is 56.3 Å². The van der Waals surface area contributed by atoms with E-state index in [1.54, 1.807) is 36.4 Å². The molecule has 0 N–H and O–H groups in total. The summed E-state index contributed by atoms with van der Waals surface area (Å²) in [6.07, 6.45) is 0.324. The average molecular weight is 475 g/mol. The van der Waals surface area contributed by atoms with Gasteiger partial charge in [0.25, 0.3) is 5.91 Å². The van der Waals surface area contributed by atoms with Crippen LogP contribution in [-0.4, -0.2) is 47.6 Å². The molecule has 0 aromatic heterocycles. The van der Waals surface area contributed by atoms with Crippen LogP contribution in [0.5, 0.6) is 5.75 Å². The van der Waals surface area contributed by atoms with E-state index in [0.717, 1.165) is 9.87 Å². The van der Waals surface area contributed by atoms with E-state index in [4.69, 9.17) is 9.47 Å². The van der Waals surface area contributed by atoms with Crippen LogP contribution in [0.1, 0.15) is 43.1 Å². The summed E-state index contributed by atoms with van der Waals surface area (Å²) in [7, 11) is -4.22. The van der Waals surface area contributed by atoms with Crippen LogP contribution in [-0.2, 0) is 31.1 Å². The van der Waals surface area contributed by atoms with Gasteiger partial charge in [-0.05, 0) is 30.0 Å². The number of ether oxygens (including phenoxy) is 2. The van der Waals surface area contributed by atoms with E-state index in [0.29, 0.717) is 10.7 Å². The molecule has 3 rings (SSSR count). The molecule has 0 spiro atoms. The van der Waals surface area contributed by atoms with Gasteiger partial charge in [0.2, 0.25) is 0 Å². The number of carbonyl (C=O) groups excluding carboxylic acids is 3. The van der Waals surface area contributed by atoms with Crippen molar-refractivity contribution < 1.29 is 32.3 Å². The lowest BCUT2D eigenvalue weighted by molar-refractivity contribution is -0.132. The molecular weight excluding hydrogens is 448 g/mol. The molecule has 9 nitrogen and oxygen atoms in total. The molecular formula is C23H26N2O7S. The molecule has 0 aliphatic carbocycles. The number of hydrogen-bond donors (Lipinski definition) is 0. The fourth-order valence-corrected chi connectivity index (χ4v) is 5.11. The number of benzene rings is 2. The molecule has 1 aliphatic heterocycles. The highest BCUT2D eigenvalue weighted by Crippen LogP contribution is 2.30. The fraction of sp³-hybridized carbons (Fsp3) is 0.348. The monoisotopic (exact) mass is 474 g/mol. The van der Waals surface area contributed by atoms with Gasteiger partial charge in [0.15, 0.2) is 6.73 Å². The third-order valence-corrected chi connectivity index (χ3v) is 6.82. The van der Waals surface area contributed by atoms with E-state index in [9.17, 15) is 22.8 Å². The first-order valence-corrected chi connectivity index (χ1v) is 11.8. The van der Waals surface area contributed by atoms with Crippen LogP contribution in [0, 0.1) is 5.92 Å². The lowest BCUT2D eigenvalue weighted by atomic mass is 10.0. The van der Waals surface area contributed by atoms with E-state index < -0.39 is 40.8 Å². The van der Waals surface area contributed by atoms with E-state index in [1.165, 1.54) is 19.1 Å². The zero-order chi connectivity index (χ0) is 24.2. The van der Waals surface area contributed by atoms with Gasteiger partial charge < -0.3 is 9.47 Å². The molecule has 0 unspecified atom stereocenters. The molecule has 1 atom stereocenters. The lowest BCUT2D eigenvalue weighted by Gasteiger charge is -2.21. The van der Waals surface area contributed by atoms with Gasteiger partial charge in [0, 0.05) is 13.5 Å². The Balaban J connectivity index is 1.82. The molecule has 2 aromatic rings. The van der Waals surface area contributed by atoms with Crippen molar-refractivity contribution in [3.63, 3.8) is 0 Å². The molecule has 2 aromatic carbocycles. The summed E-state index contributed by atoms with van der Waals surface area (Å²) in [5.74, 6) is -2.15. The Hall–Kier alpha value is -3.24. The summed E-state index contributed by atoms with van der Waals surface area (Å²) in [5, 5.41) is 0. The maximum atomic E-state index is 13.2. The number of carbonyl (C=O) groups is 3. The maximum absolute atomic E-state index is 13.2. The second-order valence-corrected chi connectivity index (χ2v) is 9.83. The van der Waals surface area contributed by atoms with Crippen LogP contribution in [0.4, 0.5) is 0 Å². The molecule has 176 valence electrons. The SMILES string of the molecule is CC(=O)Oc1ccccc1C(=O)OCN1C(=O)[C@H](CC(C)C)N(Cc2ccccc2)S1(=O)=O. The first-order chi connectivity index (χ1) is 15.6. The third-order valence-electron chi connectivity index (χ3n) is 5.00. The predicted octanol–water partition coefficient (Wildman–Crippen LogP) is 2.73. The van der Waals surface area contributed by atoms with E-state index in [1.807, 2.05) is 19.9 Å². The Kier molecular flexibility index (Phi) is 7.50. The Morgan fingerprint density at radius 3 is 2.30 bits per heavy atom. The number of hydrogen-bond acceptors (Lipinski definition) is 7. The molecule has 1 aliphatic rings. The van der Waals surface area contributed by atoms with Gasteiger partial charge in [-0.25, -0.2) is 4.79 Å². The number of para-hydroxylation sites is 1. The van der Waals surface area contributed by atoms with Gasteiger partial charge in [-0.3, -0.25) is 9.59 Å². The molecule has 0 bridgehead atoms. The van der Waals surface area contributed by atoms with Crippen LogP contribution in [0.3, 0.4) is 0 Å². The van der Waals surface area contributed by atoms with Crippen molar-refractivity contribution in [2.75, 3.05) is 6.73 Å². The van der Waals surface area contributed by atoms with E-state index in [2.05, 4.69) is 0 Å². The van der Waals surface area contributed by atoms with E-state index >= 15 is 0 Å². The van der Waals surface area contributed by atoms with Crippen molar-refractivity contribution >= 4 is 28.1 Å². The normalized spacial score (nSPS) is 17.9. The first kappa shape index (κ1) is 24.4. The van der Waals surface area contributed by atoms with Crippen molar-refractivity contribution in [1.29, 1.82) is 0 Å². The van der Waals surface area contributed by atoms with Crippen molar-refractivity contribution in [3.05, 3.63) is 65.7 Å². The van der Waals surface area contributed by atoms with Crippen molar-refractivity contribution in [2.45, 2.75) is 39.8 Å². The zero-order valence-electron chi connectivity index (χ0n) is 18.6. The topological polar surface area (TPSA) is 110 Å². The molecule has 1 fully saturated rings. The summed E-state index contributed by atoms with van der Waals surface area (Å²) in [4.78, 5) is 36.9. The Labute approximate surface area is 193 Å². The summed E-state index contributed by atoms with van der Waals surface area (Å²) >= 11 is 0. The minimum atomic E-state index is -4.22. The smallest absolute Gasteiger partial charge is 0.343 e. The highest BCUT2D eigenvalue weighted by molar-refractivity contribution is 7.87. The summed E-state index contributed by atoms with van der Waals surface area (Å²) in [5.41, 5.74) is 0.674. The predicted molar refractivity (Wildman–Crippen MR) is 119 cm³/mol. The third kappa shape index (κ3) is 5.58. The fourth-order valence-electron chi connectivity index (χ4n) is 3.51. The van der Waals surface area contributed by atoms with Gasteiger partial charge in [-0.2, -0.15) is 17.0 Å². The standard InChI is InChI=1S/C23H26N2O7S/c1-16(2)13-20-22(27)25(33(29,30)24(20)14-18-9-5-4-6-10-18)15-31-23(28)19-11-7-8-12-21(19)32-17(3)26/h4-12,16,20H,13-15H2,1-3H3/t20-/m0/s1. The lowest BCUT2D eigenvalue weighted by Crippen LogP contribution is -2.36. The molecule has 0 radical (unpaired) electrons. The van der Waals surface area contributed by atoms with Crippen LogP contribution < -0.4 is 4.74 Å². The van der Waals surface area contributed by atoms with Gasteiger partial charge in [-0.15, -0.1) is 0 Å². The van der Waals surface area contributed by atoms with Crippen LogP contribution in [0.2, 0.25) is 0 Å². The molecule has 1 saturated heterocycles. The first-order valence-electron chi connectivity index (χ1n) is 10.4. The number of nitrogens with zero attached hydrogens (tertiary/aromatic N) is 2. The molecule has 33 heavy (non-hydrogen) atoms. The summed E-state index contributed by atoms with van der Waals surface area (Å²) in [6.45, 7) is 4.22. The highest BCUT2D eigenvalue weighted by Gasteiger charge is 2.50. The molecule has 1 heterocycles. The van der Waals surface area contributed by atoms with Gasteiger partial charge >= 0.3 is 22.1 Å². The van der Waals surface area contributed by atoms with Crippen LogP contribution in [0.15, 0.2) is 54.6 Å². The second kappa shape index (κ2) is 10.1.